The van der Waals surface area contributed by atoms with Crippen molar-refractivity contribution in [1.82, 2.24) is 0 Å². The normalized spacial score (nSPS) is 10.3. The third-order valence-electron chi connectivity index (χ3n) is 1.58. The molecule has 0 saturated carbocycles. The fraction of sp³-hybridized carbons (Fsp3) is 0.200. The molecule has 0 unspecified atom stereocenters. The molecule has 0 aliphatic rings. The Morgan fingerprint density at radius 1 is 1.62 bits per heavy atom. The molecule has 68 valence electrons. The lowest BCUT2D eigenvalue weighted by molar-refractivity contribution is -0.671. The zero-order chi connectivity index (χ0) is 9.68. The van der Waals surface area contributed by atoms with Gasteiger partial charge in [-0.15, -0.1) is 0 Å². The summed E-state index contributed by atoms with van der Waals surface area (Å²) in [7, 11) is 3.28. The van der Waals surface area contributed by atoms with Crippen molar-refractivity contribution in [2.75, 3.05) is 7.11 Å². The average Bonchev–Trinajstić information content (AvgIpc) is 2.14. The van der Waals surface area contributed by atoms with E-state index in [-0.39, 0.29) is 5.97 Å². The van der Waals surface area contributed by atoms with Crippen LogP contribution >= 0.6 is 0 Å². The summed E-state index contributed by atoms with van der Waals surface area (Å²) < 4.78 is 6.38. The summed E-state index contributed by atoms with van der Waals surface area (Å²) in [5.41, 5.74) is 0.968. The number of hydrogen-bond acceptors (Lipinski definition) is 2. The Balaban J connectivity index is 2.74. The van der Waals surface area contributed by atoms with E-state index < -0.39 is 0 Å². The van der Waals surface area contributed by atoms with E-state index in [9.17, 15) is 4.79 Å². The number of carbonyl (C=O) groups excluding carboxylic acids is 1. The highest BCUT2D eigenvalue weighted by atomic mass is 16.5. The Morgan fingerprint density at radius 2 is 2.38 bits per heavy atom. The minimum absolute atomic E-state index is 0.341. The smallest absolute Gasteiger partial charge is 0.330 e. The van der Waals surface area contributed by atoms with Gasteiger partial charge in [-0.05, 0) is 12.1 Å². The van der Waals surface area contributed by atoms with Crippen LogP contribution in [0.3, 0.4) is 0 Å². The molecule has 0 amide bonds. The molecule has 3 heteroatoms. The molecule has 3 nitrogen and oxygen atoms in total. The highest BCUT2D eigenvalue weighted by Gasteiger charge is 1.95. The molecule has 1 rings (SSSR count). The van der Waals surface area contributed by atoms with Crippen LogP contribution in [0, 0.1) is 0 Å². The van der Waals surface area contributed by atoms with Crippen LogP contribution in [0.2, 0.25) is 0 Å². The molecule has 1 heterocycles. The second-order valence-corrected chi connectivity index (χ2v) is 2.66. The Kier molecular flexibility index (Phi) is 3.20. The van der Waals surface area contributed by atoms with Crippen LogP contribution in [0.25, 0.3) is 6.08 Å². The van der Waals surface area contributed by atoms with Gasteiger partial charge in [0, 0.05) is 17.7 Å². The molecule has 0 bridgehead atoms. The fourth-order valence-corrected chi connectivity index (χ4v) is 0.942. The molecular weight excluding hydrogens is 166 g/mol. The van der Waals surface area contributed by atoms with Gasteiger partial charge in [0.2, 0.25) is 0 Å². The summed E-state index contributed by atoms with van der Waals surface area (Å²) in [6.45, 7) is 0. The van der Waals surface area contributed by atoms with Gasteiger partial charge in [-0.25, -0.2) is 9.36 Å². The first kappa shape index (κ1) is 9.45. The predicted molar refractivity (Wildman–Crippen MR) is 48.7 cm³/mol. The first-order valence-corrected chi connectivity index (χ1v) is 3.93. The first-order chi connectivity index (χ1) is 6.22. The Bertz CT molecular complexity index is 331. The van der Waals surface area contributed by atoms with Gasteiger partial charge in [0.1, 0.15) is 7.05 Å². The minimum atomic E-state index is -0.341. The lowest BCUT2D eigenvalue weighted by atomic mass is 10.2. The molecule has 0 radical (unpaired) electrons. The van der Waals surface area contributed by atoms with E-state index in [1.165, 1.54) is 13.2 Å². The second-order valence-electron chi connectivity index (χ2n) is 2.66. The summed E-state index contributed by atoms with van der Waals surface area (Å²) in [5.74, 6) is -0.341. The van der Waals surface area contributed by atoms with Crippen molar-refractivity contribution >= 4 is 12.0 Å². The zero-order valence-corrected chi connectivity index (χ0v) is 7.73. The Morgan fingerprint density at radius 3 is 3.00 bits per heavy atom. The molecule has 0 atom stereocenters. The van der Waals surface area contributed by atoms with Gasteiger partial charge >= 0.3 is 5.97 Å². The van der Waals surface area contributed by atoms with Crippen molar-refractivity contribution in [3.63, 3.8) is 0 Å². The minimum Gasteiger partial charge on any atom is -0.466 e. The SMILES string of the molecule is COC(=O)/C=C/c1ccc[n+](C)c1. The van der Waals surface area contributed by atoms with Gasteiger partial charge in [-0.1, -0.05) is 0 Å². The largest absolute Gasteiger partial charge is 0.466 e. The summed E-state index contributed by atoms with van der Waals surface area (Å²) in [4.78, 5) is 10.8. The molecule has 0 aromatic carbocycles. The van der Waals surface area contributed by atoms with Gasteiger partial charge in [-0.2, -0.15) is 0 Å². The predicted octanol–water partition coefficient (Wildman–Crippen LogP) is 0.697. The van der Waals surface area contributed by atoms with E-state index in [1.54, 1.807) is 6.08 Å². The number of rotatable bonds is 2. The molecule has 1 aromatic heterocycles. The summed E-state index contributed by atoms with van der Waals surface area (Å²) in [6, 6.07) is 3.83. The van der Waals surface area contributed by atoms with Crippen LogP contribution in [0.5, 0.6) is 0 Å². The number of methoxy groups -OCH3 is 1. The maximum absolute atomic E-state index is 10.8. The number of pyridine rings is 1. The van der Waals surface area contributed by atoms with Gasteiger partial charge in [0.25, 0.3) is 0 Å². The van der Waals surface area contributed by atoms with E-state index in [0.29, 0.717) is 0 Å². The van der Waals surface area contributed by atoms with Gasteiger partial charge in [-0.3, -0.25) is 0 Å². The maximum Gasteiger partial charge on any atom is 0.330 e. The van der Waals surface area contributed by atoms with Crippen LogP contribution in [-0.4, -0.2) is 13.1 Å². The zero-order valence-electron chi connectivity index (χ0n) is 7.73. The maximum atomic E-state index is 10.8. The number of aryl methyl sites for hydroxylation is 1. The van der Waals surface area contributed by atoms with Crippen LogP contribution < -0.4 is 4.57 Å². The van der Waals surface area contributed by atoms with Crippen LogP contribution in [0.4, 0.5) is 0 Å². The van der Waals surface area contributed by atoms with Crippen LogP contribution in [0.1, 0.15) is 5.56 Å². The van der Waals surface area contributed by atoms with Crippen molar-refractivity contribution in [2.45, 2.75) is 0 Å². The number of ether oxygens (including phenoxy) is 1. The number of esters is 1. The van der Waals surface area contributed by atoms with Gasteiger partial charge < -0.3 is 4.74 Å². The molecule has 13 heavy (non-hydrogen) atoms. The Hall–Kier alpha value is -1.64. The average molecular weight is 178 g/mol. The summed E-state index contributed by atoms with van der Waals surface area (Å²) >= 11 is 0. The van der Waals surface area contributed by atoms with Gasteiger partial charge in [0.15, 0.2) is 12.4 Å². The number of aromatic nitrogens is 1. The first-order valence-electron chi connectivity index (χ1n) is 3.93. The number of hydrogen-bond donors (Lipinski definition) is 0. The highest BCUT2D eigenvalue weighted by molar-refractivity contribution is 5.86. The van der Waals surface area contributed by atoms with Crippen molar-refractivity contribution < 1.29 is 14.1 Å². The molecule has 0 spiro atoms. The topological polar surface area (TPSA) is 30.2 Å². The standard InChI is InChI=1S/C10H12NO2/c1-11-7-3-4-9(8-11)5-6-10(12)13-2/h3-8H,1-2H3/q+1/b6-5+. The van der Waals surface area contributed by atoms with Crippen LogP contribution in [0.15, 0.2) is 30.6 Å². The highest BCUT2D eigenvalue weighted by Crippen LogP contribution is 1.97. The molecule has 0 aliphatic carbocycles. The van der Waals surface area contributed by atoms with E-state index in [0.717, 1.165) is 5.56 Å². The van der Waals surface area contributed by atoms with Crippen molar-refractivity contribution in [3.8, 4) is 0 Å². The second kappa shape index (κ2) is 4.40. The molecular formula is C10H12NO2+. The third kappa shape index (κ3) is 3.07. The number of carbonyl (C=O) groups is 1. The fourth-order valence-electron chi connectivity index (χ4n) is 0.942. The monoisotopic (exact) mass is 178 g/mol. The summed E-state index contributed by atoms with van der Waals surface area (Å²) in [5, 5.41) is 0. The van der Waals surface area contributed by atoms with Crippen molar-refractivity contribution in [3.05, 3.63) is 36.2 Å². The summed E-state index contributed by atoms with van der Waals surface area (Å²) in [6.07, 6.45) is 6.95. The third-order valence-corrected chi connectivity index (χ3v) is 1.58. The molecule has 0 aliphatic heterocycles. The molecule has 0 saturated heterocycles. The van der Waals surface area contributed by atoms with Crippen molar-refractivity contribution in [2.24, 2.45) is 7.05 Å². The molecule has 0 fully saturated rings. The number of nitrogens with zero attached hydrogens (tertiary/aromatic N) is 1. The van der Waals surface area contributed by atoms with E-state index in [2.05, 4.69) is 4.74 Å². The van der Waals surface area contributed by atoms with E-state index in [4.69, 9.17) is 0 Å². The Labute approximate surface area is 77.3 Å². The van der Waals surface area contributed by atoms with Gasteiger partial charge in [0.05, 0.1) is 7.11 Å². The van der Waals surface area contributed by atoms with E-state index >= 15 is 0 Å². The lowest BCUT2D eigenvalue weighted by Gasteiger charge is -1.91. The lowest BCUT2D eigenvalue weighted by Crippen LogP contribution is -2.26. The molecule has 0 N–H and O–H groups in total. The molecule has 1 aromatic rings. The quantitative estimate of drug-likeness (QED) is 0.379. The van der Waals surface area contributed by atoms with E-state index in [1.807, 2.05) is 36.1 Å². The van der Waals surface area contributed by atoms with Crippen molar-refractivity contribution in [1.29, 1.82) is 0 Å². The van der Waals surface area contributed by atoms with Crippen LogP contribution in [-0.2, 0) is 16.6 Å².